The Kier molecular flexibility index (Phi) is 9.72. The van der Waals surface area contributed by atoms with Gasteiger partial charge in [-0.25, -0.2) is 15.0 Å². The first-order valence-corrected chi connectivity index (χ1v) is 14.4. The third-order valence-corrected chi connectivity index (χ3v) is 8.06. The highest BCUT2D eigenvalue weighted by Crippen LogP contribution is 2.40. The highest BCUT2D eigenvalue weighted by atomic mass is 79.9. The Labute approximate surface area is 248 Å². The van der Waals surface area contributed by atoms with E-state index in [0.717, 1.165) is 23.3 Å². The summed E-state index contributed by atoms with van der Waals surface area (Å²) in [6, 6.07) is 11.3. The van der Waals surface area contributed by atoms with Crippen molar-refractivity contribution in [3.63, 3.8) is 0 Å². The number of carbonyl (C=O) groups excluding carboxylic acids is 4. The van der Waals surface area contributed by atoms with Gasteiger partial charge in [-0.15, -0.1) is 11.3 Å². The minimum atomic E-state index is -1.05. The van der Waals surface area contributed by atoms with Crippen LogP contribution < -0.4 is 15.5 Å². The molecule has 9 nitrogen and oxygen atoms in total. The summed E-state index contributed by atoms with van der Waals surface area (Å²) in [6.07, 6.45) is 3.64. The number of benzene rings is 2. The Hall–Kier alpha value is -3.54. The lowest BCUT2D eigenvalue weighted by Crippen LogP contribution is -2.32. The van der Waals surface area contributed by atoms with Crippen LogP contribution in [0.3, 0.4) is 0 Å². The van der Waals surface area contributed by atoms with Crippen molar-refractivity contribution in [1.29, 1.82) is 0 Å². The molecule has 0 saturated heterocycles. The highest BCUT2D eigenvalue weighted by molar-refractivity contribution is 9.10. The molecule has 3 aromatic rings. The molecule has 208 valence electrons. The second-order valence-corrected chi connectivity index (χ2v) is 11.4. The number of ether oxygens (including phenoxy) is 2. The molecule has 12 heteroatoms. The van der Waals surface area contributed by atoms with Gasteiger partial charge in [0.1, 0.15) is 10.8 Å². The van der Waals surface area contributed by atoms with Crippen molar-refractivity contribution in [2.45, 2.75) is 33.1 Å². The molecule has 40 heavy (non-hydrogen) atoms. The number of fused-ring (bicyclic) bond motifs is 1. The second kappa shape index (κ2) is 13.2. The lowest BCUT2D eigenvalue weighted by atomic mass is 9.88. The van der Waals surface area contributed by atoms with Crippen molar-refractivity contribution in [2.24, 2.45) is 11.0 Å². The number of thiophene rings is 1. The molecule has 0 aliphatic heterocycles. The van der Waals surface area contributed by atoms with E-state index in [1.165, 1.54) is 23.6 Å². The minimum absolute atomic E-state index is 0.160. The van der Waals surface area contributed by atoms with Gasteiger partial charge in [0.25, 0.3) is 0 Å². The number of amides is 2. The predicted molar refractivity (Wildman–Crippen MR) is 156 cm³/mol. The van der Waals surface area contributed by atoms with Gasteiger partial charge < -0.3 is 14.8 Å². The summed E-state index contributed by atoms with van der Waals surface area (Å²) in [6.45, 7) is 4.02. The van der Waals surface area contributed by atoms with Gasteiger partial charge in [-0.1, -0.05) is 46.6 Å². The van der Waals surface area contributed by atoms with E-state index in [-0.39, 0.29) is 27.9 Å². The Morgan fingerprint density at radius 1 is 1.15 bits per heavy atom. The van der Waals surface area contributed by atoms with Crippen LogP contribution in [0.25, 0.3) is 0 Å². The Balaban J connectivity index is 1.46. The summed E-state index contributed by atoms with van der Waals surface area (Å²) in [5.74, 6) is -2.63. The molecule has 1 heterocycles. The fourth-order valence-electron chi connectivity index (χ4n) is 4.12. The van der Waals surface area contributed by atoms with Crippen molar-refractivity contribution in [3.8, 4) is 5.75 Å². The zero-order valence-corrected chi connectivity index (χ0v) is 24.7. The number of esters is 2. The third kappa shape index (κ3) is 6.96. The van der Waals surface area contributed by atoms with Crippen molar-refractivity contribution < 1.29 is 28.7 Å². The lowest BCUT2D eigenvalue weighted by molar-refractivity contribution is -0.136. The third-order valence-electron chi connectivity index (χ3n) is 6.06. The van der Waals surface area contributed by atoms with Crippen LogP contribution in [0.1, 0.15) is 57.0 Å². The second-order valence-electron chi connectivity index (χ2n) is 8.98. The SMILES string of the molecule is CCOC(=O)c1c(NC(=O)C(=O)N/N=C\c2cc(Br)ccc2OC(=O)c2ccccc2Cl)sc2c1CC[C@H](C)C2. The normalized spacial score (nSPS) is 14.3. The van der Waals surface area contributed by atoms with Gasteiger partial charge in [-0.3, -0.25) is 9.59 Å². The van der Waals surface area contributed by atoms with Gasteiger partial charge in [-0.2, -0.15) is 5.10 Å². The number of carbonyl (C=O) groups is 4. The van der Waals surface area contributed by atoms with Gasteiger partial charge in [0.15, 0.2) is 0 Å². The number of nitrogens with zero attached hydrogens (tertiary/aromatic N) is 1. The van der Waals surface area contributed by atoms with Crippen molar-refractivity contribution in [2.75, 3.05) is 11.9 Å². The quantitative estimate of drug-likeness (QED) is 0.110. The van der Waals surface area contributed by atoms with E-state index in [0.29, 0.717) is 27.9 Å². The van der Waals surface area contributed by atoms with Gasteiger partial charge in [0, 0.05) is 14.9 Å². The first-order valence-electron chi connectivity index (χ1n) is 12.4. The van der Waals surface area contributed by atoms with Crippen LogP contribution in [0.2, 0.25) is 5.02 Å². The molecule has 0 unspecified atom stereocenters. The molecule has 2 aromatic carbocycles. The molecule has 0 radical (unpaired) electrons. The fraction of sp³-hybridized carbons (Fsp3) is 0.250. The molecule has 1 aliphatic carbocycles. The van der Waals surface area contributed by atoms with Crippen LogP contribution in [0.4, 0.5) is 5.00 Å². The van der Waals surface area contributed by atoms with Crippen LogP contribution in [0, 0.1) is 5.92 Å². The molecule has 1 atom stereocenters. The van der Waals surface area contributed by atoms with Crippen molar-refractivity contribution >= 4 is 73.8 Å². The minimum Gasteiger partial charge on any atom is -0.462 e. The van der Waals surface area contributed by atoms with Gasteiger partial charge >= 0.3 is 23.8 Å². The maximum absolute atomic E-state index is 12.7. The molecule has 0 fully saturated rings. The van der Waals surface area contributed by atoms with E-state index in [1.807, 2.05) is 0 Å². The summed E-state index contributed by atoms with van der Waals surface area (Å²) in [5.41, 5.74) is 3.87. The standard InChI is InChI=1S/C28H25BrClN3O6S/c1-3-38-28(37)23-19-10-8-15(2)12-22(19)40-26(23)32-24(34)25(35)33-31-14-16-13-17(29)9-11-21(16)39-27(36)18-6-4-5-7-20(18)30/h4-7,9,11,13-15H,3,8,10,12H2,1-2H3,(H,32,34)(H,33,35)/b31-14-/t15-/m0/s1. The van der Waals surface area contributed by atoms with Crippen molar-refractivity contribution in [1.82, 2.24) is 5.43 Å². The summed E-state index contributed by atoms with van der Waals surface area (Å²) in [7, 11) is 0. The number of nitrogens with one attached hydrogen (secondary N) is 2. The number of hydrazone groups is 1. The maximum atomic E-state index is 12.7. The van der Waals surface area contributed by atoms with E-state index in [2.05, 4.69) is 38.7 Å². The van der Waals surface area contributed by atoms with Gasteiger partial charge in [0.2, 0.25) is 0 Å². The Morgan fingerprint density at radius 2 is 1.93 bits per heavy atom. The number of halogens is 2. The summed E-state index contributed by atoms with van der Waals surface area (Å²) in [4.78, 5) is 51.5. The van der Waals surface area contributed by atoms with Crippen LogP contribution in [-0.4, -0.2) is 36.6 Å². The van der Waals surface area contributed by atoms with Crippen molar-refractivity contribution in [3.05, 3.63) is 79.1 Å². The van der Waals surface area contributed by atoms with E-state index in [9.17, 15) is 19.2 Å². The zero-order chi connectivity index (χ0) is 28.8. The van der Waals surface area contributed by atoms with Crippen LogP contribution >= 0.6 is 38.9 Å². The molecular formula is C28H25BrClN3O6S. The summed E-state index contributed by atoms with van der Waals surface area (Å²) >= 11 is 10.7. The predicted octanol–water partition coefficient (Wildman–Crippen LogP) is 5.77. The Morgan fingerprint density at radius 3 is 2.67 bits per heavy atom. The molecule has 1 aromatic heterocycles. The monoisotopic (exact) mass is 645 g/mol. The van der Waals surface area contributed by atoms with E-state index < -0.39 is 23.8 Å². The molecule has 0 bridgehead atoms. The fourth-order valence-corrected chi connectivity index (χ4v) is 6.11. The largest absolute Gasteiger partial charge is 0.462 e. The molecular weight excluding hydrogens is 622 g/mol. The average molecular weight is 647 g/mol. The maximum Gasteiger partial charge on any atom is 0.345 e. The summed E-state index contributed by atoms with van der Waals surface area (Å²) < 4.78 is 11.4. The molecule has 4 rings (SSSR count). The molecule has 2 N–H and O–H groups in total. The molecule has 0 saturated carbocycles. The van der Waals surface area contributed by atoms with E-state index in [1.54, 1.807) is 43.3 Å². The number of rotatable bonds is 7. The van der Waals surface area contributed by atoms with E-state index in [4.69, 9.17) is 21.1 Å². The van der Waals surface area contributed by atoms with Crippen LogP contribution in [-0.2, 0) is 27.2 Å². The number of anilines is 1. The first kappa shape index (κ1) is 29.4. The zero-order valence-electron chi connectivity index (χ0n) is 21.6. The van der Waals surface area contributed by atoms with Gasteiger partial charge in [-0.05, 0) is 68.0 Å². The lowest BCUT2D eigenvalue weighted by Gasteiger charge is -2.18. The molecule has 0 spiro atoms. The first-order chi connectivity index (χ1) is 19.2. The number of hydrogen-bond donors (Lipinski definition) is 2. The number of hydrogen-bond acceptors (Lipinski definition) is 8. The topological polar surface area (TPSA) is 123 Å². The van der Waals surface area contributed by atoms with E-state index >= 15 is 0 Å². The Bertz CT molecular complexity index is 1510. The highest BCUT2D eigenvalue weighted by Gasteiger charge is 2.30. The van der Waals surface area contributed by atoms with Crippen LogP contribution in [0.15, 0.2) is 52.0 Å². The van der Waals surface area contributed by atoms with Crippen LogP contribution in [0.5, 0.6) is 5.75 Å². The average Bonchev–Trinajstić information content (AvgIpc) is 3.27. The molecule has 1 aliphatic rings. The summed E-state index contributed by atoms with van der Waals surface area (Å²) in [5, 5.41) is 6.92. The van der Waals surface area contributed by atoms with Gasteiger partial charge in [0.05, 0.1) is 29.0 Å². The smallest absolute Gasteiger partial charge is 0.345 e. The molecule has 2 amide bonds.